The molecule has 2 aromatic rings. The first-order chi connectivity index (χ1) is 12.2. The summed E-state index contributed by atoms with van der Waals surface area (Å²) in [5, 5.41) is 9.03. The van der Waals surface area contributed by atoms with Gasteiger partial charge in [-0.15, -0.1) is 0 Å². The first-order valence-electron chi connectivity index (χ1n) is 9.13. The maximum absolute atomic E-state index is 14.1. The van der Waals surface area contributed by atoms with Gasteiger partial charge in [-0.1, -0.05) is 0 Å². The highest BCUT2D eigenvalue weighted by Gasteiger charge is 2.29. The van der Waals surface area contributed by atoms with Crippen LogP contribution in [0.4, 0.5) is 4.39 Å². The number of nitrogens with zero attached hydrogens (tertiary/aromatic N) is 4. The predicted octanol–water partition coefficient (Wildman–Crippen LogP) is 3.53. The largest absolute Gasteiger partial charge is 0.328 e. The van der Waals surface area contributed by atoms with Crippen molar-refractivity contribution in [3.05, 3.63) is 52.4 Å². The number of aryl methyl sites for hydroxylation is 2. The Bertz CT molecular complexity index is 833. The summed E-state index contributed by atoms with van der Waals surface area (Å²) in [4.78, 5) is 7.08. The number of fused-ring (bicyclic) bond motifs is 1. The van der Waals surface area contributed by atoms with E-state index in [1.807, 2.05) is 0 Å². The SMILES string of the molecule is Cc1nc2c(n1C1CCN(Cc3cc(C#N)ccc3F)C1)CCCC2. The second-order valence-electron chi connectivity index (χ2n) is 7.23. The maximum Gasteiger partial charge on any atom is 0.127 e. The van der Waals surface area contributed by atoms with Gasteiger partial charge < -0.3 is 4.57 Å². The molecule has 0 bridgehead atoms. The molecule has 2 aliphatic rings. The number of aromatic nitrogens is 2. The van der Waals surface area contributed by atoms with Gasteiger partial charge in [0.1, 0.15) is 11.6 Å². The summed E-state index contributed by atoms with van der Waals surface area (Å²) in [5.41, 5.74) is 3.85. The predicted molar refractivity (Wildman–Crippen MR) is 93.7 cm³/mol. The lowest BCUT2D eigenvalue weighted by Crippen LogP contribution is -2.23. The second-order valence-corrected chi connectivity index (χ2v) is 7.23. The maximum atomic E-state index is 14.1. The van der Waals surface area contributed by atoms with E-state index in [9.17, 15) is 4.39 Å². The zero-order valence-corrected chi connectivity index (χ0v) is 14.6. The Morgan fingerprint density at radius 1 is 1.32 bits per heavy atom. The standard InChI is InChI=1S/C20H23FN4/c1-14-23-19-4-2-3-5-20(19)25(14)17-8-9-24(13-17)12-16-10-15(11-22)6-7-18(16)21/h6-7,10,17H,2-5,8-9,12-13H2,1H3. The molecule has 4 rings (SSSR count). The van der Waals surface area contributed by atoms with Gasteiger partial charge in [-0.25, -0.2) is 9.37 Å². The Hall–Kier alpha value is -2.19. The minimum Gasteiger partial charge on any atom is -0.328 e. The van der Waals surface area contributed by atoms with Gasteiger partial charge >= 0.3 is 0 Å². The monoisotopic (exact) mass is 338 g/mol. The molecule has 0 saturated carbocycles. The van der Waals surface area contributed by atoms with E-state index in [-0.39, 0.29) is 5.82 Å². The quantitative estimate of drug-likeness (QED) is 0.860. The van der Waals surface area contributed by atoms with Crippen LogP contribution >= 0.6 is 0 Å². The molecule has 0 radical (unpaired) electrons. The minimum absolute atomic E-state index is 0.223. The van der Waals surface area contributed by atoms with E-state index in [1.165, 1.54) is 36.4 Å². The molecule has 4 nitrogen and oxygen atoms in total. The molecule has 1 aromatic carbocycles. The molecule has 1 aromatic heterocycles. The van der Waals surface area contributed by atoms with Gasteiger partial charge in [-0.05, 0) is 57.2 Å². The lowest BCUT2D eigenvalue weighted by Gasteiger charge is -2.21. The van der Waals surface area contributed by atoms with Gasteiger partial charge in [-0.3, -0.25) is 4.90 Å². The molecule has 1 unspecified atom stereocenters. The Morgan fingerprint density at radius 2 is 2.16 bits per heavy atom. The highest BCUT2D eigenvalue weighted by molar-refractivity contribution is 5.33. The van der Waals surface area contributed by atoms with Crippen LogP contribution in [0.5, 0.6) is 0 Å². The molecule has 5 heteroatoms. The van der Waals surface area contributed by atoms with E-state index < -0.39 is 0 Å². The van der Waals surface area contributed by atoms with Crippen LogP contribution in [0.2, 0.25) is 0 Å². The van der Waals surface area contributed by atoms with Gasteiger partial charge in [-0.2, -0.15) is 5.26 Å². The normalized spacial score (nSPS) is 20.4. The van der Waals surface area contributed by atoms with E-state index in [4.69, 9.17) is 10.2 Å². The van der Waals surface area contributed by atoms with Crippen LogP contribution in [0.3, 0.4) is 0 Å². The van der Waals surface area contributed by atoms with Crippen molar-refractivity contribution in [1.82, 2.24) is 14.5 Å². The molecule has 1 aliphatic carbocycles. The molecule has 0 N–H and O–H groups in total. The van der Waals surface area contributed by atoms with E-state index in [2.05, 4.69) is 22.5 Å². The smallest absolute Gasteiger partial charge is 0.127 e. The van der Waals surface area contributed by atoms with E-state index in [0.717, 1.165) is 38.2 Å². The van der Waals surface area contributed by atoms with Crippen LogP contribution in [0, 0.1) is 24.1 Å². The van der Waals surface area contributed by atoms with Crippen molar-refractivity contribution in [3.8, 4) is 6.07 Å². The van der Waals surface area contributed by atoms with Gasteiger partial charge in [0.05, 0.1) is 17.3 Å². The number of likely N-dealkylation sites (tertiary alicyclic amines) is 1. The van der Waals surface area contributed by atoms with Crippen LogP contribution in [0.1, 0.15) is 53.6 Å². The molecule has 1 atom stereocenters. The number of hydrogen-bond donors (Lipinski definition) is 0. The number of nitriles is 1. The zero-order chi connectivity index (χ0) is 17.4. The summed E-state index contributed by atoms with van der Waals surface area (Å²) in [7, 11) is 0. The summed E-state index contributed by atoms with van der Waals surface area (Å²) in [6.07, 6.45) is 5.80. The number of halogens is 1. The van der Waals surface area contributed by atoms with Crippen LogP contribution < -0.4 is 0 Å². The third-order valence-electron chi connectivity index (χ3n) is 5.53. The van der Waals surface area contributed by atoms with Crippen LogP contribution in [-0.2, 0) is 19.4 Å². The molecule has 25 heavy (non-hydrogen) atoms. The Labute approximate surface area is 147 Å². The van der Waals surface area contributed by atoms with Crippen molar-refractivity contribution < 1.29 is 4.39 Å². The highest BCUT2D eigenvalue weighted by Crippen LogP contribution is 2.31. The van der Waals surface area contributed by atoms with Gasteiger partial charge in [0, 0.05) is 36.9 Å². The van der Waals surface area contributed by atoms with Crippen molar-refractivity contribution >= 4 is 0 Å². The topological polar surface area (TPSA) is 44.9 Å². The van der Waals surface area contributed by atoms with Gasteiger partial charge in [0.15, 0.2) is 0 Å². The average Bonchev–Trinajstić information content (AvgIpc) is 3.19. The molecule has 2 heterocycles. The van der Waals surface area contributed by atoms with E-state index >= 15 is 0 Å². The van der Waals surface area contributed by atoms with E-state index in [1.54, 1.807) is 6.07 Å². The van der Waals surface area contributed by atoms with Crippen LogP contribution in [-0.4, -0.2) is 27.5 Å². The molecular formula is C20H23FN4. The van der Waals surface area contributed by atoms with Crippen molar-refractivity contribution in [2.45, 2.75) is 51.6 Å². The Kier molecular flexibility index (Phi) is 4.30. The Morgan fingerprint density at radius 3 is 3.00 bits per heavy atom. The number of rotatable bonds is 3. The third-order valence-corrected chi connectivity index (χ3v) is 5.53. The summed E-state index contributed by atoms with van der Waals surface area (Å²) in [6.45, 7) is 4.54. The molecular weight excluding hydrogens is 315 g/mol. The fourth-order valence-corrected chi connectivity index (χ4v) is 4.36. The molecule has 0 spiro atoms. The summed E-state index contributed by atoms with van der Waals surface area (Å²) < 4.78 is 16.5. The van der Waals surface area contributed by atoms with Gasteiger partial charge in [0.25, 0.3) is 0 Å². The first kappa shape index (κ1) is 16.3. The minimum atomic E-state index is -0.223. The molecule has 1 saturated heterocycles. The third kappa shape index (κ3) is 3.07. The van der Waals surface area contributed by atoms with Crippen LogP contribution in [0.25, 0.3) is 0 Å². The van der Waals surface area contributed by atoms with Crippen LogP contribution in [0.15, 0.2) is 18.2 Å². The fraction of sp³-hybridized carbons (Fsp3) is 0.500. The average molecular weight is 338 g/mol. The second kappa shape index (κ2) is 6.61. The van der Waals surface area contributed by atoms with E-state index in [0.29, 0.717) is 23.7 Å². The highest BCUT2D eigenvalue weighted by atomic mass is 19.1. The van der Waals surface area contributed by atoms with Crippen molar-refractivity contribution in [3.63, 3.8) is 0 Å². The lowest BCUT2D eigenvalue weighted by molar-refractivity contribution is 0.309. The number of hydrogen-bond acceptors (Lipinski definition) is 3. The summed E-state index contributed by atoms with van der Waals surface area (Å²) in [5.74, 6) is 0.898. The lowest BCUT2D eigenvalue weighted by atomic mass is 10.0. The van der Waals surface area contributed by atoms with Gasteiger partial charge in [0.2, 0.25) is 0 Å². The zero-order valence-electron chi connectivity index (χ0n) is 14.6. The molecule has 0 amide bonds. The number of imidazole rings is 1. The molecule has 1 fully saturated rings. The summed E-state index contributed by atoms with van der Waals surface area (Å²) >= 11 is 0. The summed E-state index contributed by atoms with van der Waals surface area (Å²) in [6, 6.07) is 7.13. The Balaban J connectivity index is 1.51. The fourth-order valence-electron chi connectivity index (χ4n) is 4.36. The molecule has 130 valence electrons. The van der Waals surface area contributed by atoms with Crippen molar-refractivity contribution in [2.75, 3.05) is 13.1 Å². The first-order valence-corrected chi connectivity index (χ1v) is 9.13. The molecule has 1 aliphatic heterocycles. The van der Waals surface area contributed by atoms with Crippen molar-refractivity contribution in [2.24, 2.45) is 0 Å². The number of benzene rings is 1. The van der Waals surface area contributed by atoms with Crippen molar-refractivity contribution in [1.29, 1.82) is 5.26 Å².